The SMILES string of the molecule is COC(=O)c1ccccc1N1C(=O)[C@H]2[C@H]3COCCN3O[C@H]2C1=O. The molecule has 1 aromatic carbocycles. The van der Waals surface area contributed by atoms with Crippen molar-refractivity contribution in [2.75, 3.05) is 31.8 Å². The molecule has 3 heterocycles. The van der Waals surface area contributed by atoms with Crippen molar-refractivity contribution in [3.05, 3.63) is 29.8 Å². The van der Waals surface area contributed by atoms with Crippen LogP contribution in [0.15, 0.2) is 24.3 Å². The summed E-state index contributed by atoms with van der Waals surface area (Å²) in [5, 5.41) is 1.66. The molecule has 0 radical (unpaired) electrons. The van der Waals surface area contributed by atoms with Crippen LogP contribution in [-0.2, 0) is 23.9 Å². The normalized spacial score (nSPS) is 29.5. The first-order chi connectivity index (χ1) is 11.6. The molecule has 2 amide bonds. The Hall–Kier alpha value is -2.29. The molecule has 0 unspecified atom stereocenters. The molecule has 0 aromatic heterocycles. The molecule has 0 aliphatic carbocycles. The van der Waals surface area contributed by atoms with Crippen LogP contribution in [0.2, 0.25) is 0 Å². The van der Waals surface area contributed by atoms with Crippen molar-refractivity contribution >= 4 is 23.5 Å². The standard InChI is InChI=1S/C16H16N2O6/c1-22-16(21)9-4-2-3-5-10(9)18-14(19)12-11-8-23-7-6-17(11)24-13(12)15(18)20/h2-5,11-13H,6-8H2,1H3/t11-,12+,13-/m1/s1. The van der Waals surface area contributed by atoms with Crippen molar-refractivity contribution in [1.82, 2.24) is 5.06 Å². The van der Waals surface area contributed by atoms with Crippen molar-refractivity contribution < 1.29 is 28.7 Å². The Bertz CT molecular complexity index is 720. The summed E-state index contributed by atoms with van der Waals surface area (Å²) in [6, 6.07) is 6.10. The monoisotopic (exact) mass is 332 g/mol. The lowest BCUT2D eigenvalue weighted by molar-refractivity contribution is -0.197. The average Bonchev–Trinajstić information content (AvgIpc) is 3.11. The van der Waals surface area contributed by atoms with Crippen molar-refractivity contribution in [1.29, 1.82) is 0 Å². The number of carbonyl (C=O) groups is 3. The number of carbonyl (C=O) groups excluding carboxylic acids is 3. The number of fused-ring (bicyclic) bond motifs is 3. The van der Waals surface area contributed by atoms with Gasteiger partial charge in [0.1, 0.15) is 0 Å². The molecule has 1 aromatic rings. The summed E-state index contributed by atoms with van der Waals surface area (Å²) in [4.78, 5) is 44.3. The van der Waals surface area contributed by atoms with Crippen molar-refractivity contribution in [3.8, 4) is 0 Å². The number of esters is 1. The van der Waals surface area contributed by atoms with Gasteiger partial charge in [-0.05, 0) is 12.1 Å². The summed E-state index contributed by atoms with van der Waals surface area (Å²) < 4.78 is 10.2. The molecule has 4 rings (SSSR count). The van der Waals surface area contributed by atoms with Gasteiger partial charge in [0.15, 0.2) is 6.10 Å². The van der Waals surface area contributed by atoms with Gasteiger partial charge in [0, 0.05) is 6.54 Å². The Labute approximate surface area is 137 Å². The van der Waals surface area contributed by atoms with Crippen LogP contribution in [0.1, 0.15) is 10.4 Å². The maximum Gasteiger partial charge on any atom is 0.339 e. The molecule has 126 valence electrons. The molecule has 0 spiro atoms. The van der Waals surface area contributed by atoms with E-state index >= 15 is 0 Å². The fraction of sp³-hybridized carbons (Fsp3) is 0.438. The minimum Gasteiger partial charge on any atom is -0.465 e. The quantitative estimate of drug-likeness (QED) is 0.556. The molecular formula is C16H16N2O6. The first-order valence-electron chi connectivity index (χ1n) is 7.70. The molecule has 3 aliphatic rings. The summed E-state index contributed by atoms with van der Waals surface area (Å²) >= 11 is 0. The summed E-state index contributed by atoms with van der Waals surface area (Å²) in [5.74, 6) is -2.06. The summed E-state index contributed by atoms with van der Waals surface area (Å²) in [6.45, 7) is 1.37. The Balaban J connectivity index is 1.71. The fourth-order valence-corrected chi connectivity index (χ4v) is 3.50. The van der Waals surface area contributed by atoms with Crippen LogP contribution in [0, 0.1) is 5.92 Å². The zero-order valence-electron chi connectivity index (χ0n) is 13.0. The fourth-order valence-electron chi connectivity index (χ4n) is 3.50. The van der Waals surface area contributed by atoms with E-state index in [1.165, 1.54) is 13.2 Å². The van der Waals surface area contributed by atoms with Gasteiger partial charge in [-0.2, -0.15) is 5.06 Å². The number of hydrogen-bond acceptors (Lipinski definition) is 7. The minimum absolute atomic E-state index is 0.165. The first kappa shape index (κ1) is 15.3. The van der Waals surface area contributed by atoms with Crippen LogP contribution >= 0.6 is 0 Å². The third-order valence-electron chi connectivity index (χ3n) is 4.62. The van der Waals surface area contributed by atoms with Crippen LogP contribution in [0.5, 0.6) is 0 Å². The Morgan fingerprint density at radius 1 is 1.25 bits per heavy atom. The van der Waals surface area contributed by atoms with E-state index in [0.29, 0.717) is 19.8 Å². The zero-order chi connectivity index (χ0) is 16.8. The number of methoxy groups -OCH3 is 1. The number of benzene rings is 1. The molecule has 8 heteroatoms. The van der Waals surface area contributed by atoms with Crippen LogP contribution < -0.4 is 4.90 Å². The van der Waals surface area contributed by atoms with Gasteiger partial charge in [0.25, 0.3) is 5.91 Å². The highest BCUT2D eigenvalue weighted by atomic mass is 16.7. The van der Waals surface area contributed by atoms with Gasteiger partial charge >= 0.3 is 5.97 Å². The molecule has 3 aliphatic heterocycles. The number of ether oxygens (including phenoxy) is 2. The van der Waals surface area contributed by atoms with E-state index in [0.717, 1.165) is 4.90 Å². The number of para-hydroxylation sites is 1. The predicted molar refractivity (Wildman–Crippen MR) is 80.0 cm³/mol. The number of rotatable bonds is 2. The van der Waals surface area contributed by atoms with E-state index in [4.69, 9.17) is 14.3 Å². The highest BCUT2D eigenvalue weighted by Gasteiger charge is 2.60. The van der Waals surface area contributed by atoms with E-state index in [-0.39, 0.29) is 23.2 Å². The van der Waals surface area contributed by atoms with Crippen LogP contribution in [-0.4, -0.2) is 61.9 Å². The zero-order valence-corrected chi connectivity index (χ0v) is 13.0. The second kappa shape index (κ2) is 5.66. The van der Waals surface area contributed by atoms with Gasteiger partial charge in [-0.1, -0.05) is 12.1 Å². The van der Waals surface area contributed by atoms with Gasteiger partial charge < -0.3 is 9.47 Å². The number of anilines is 1. The van der Waals surface area contributed by atoms with Gasteiger partial charge in [-0.3, -0.25) is 14.4 Å². The van der Waals surface area contributed by atoms with E-state index < -0.39 is 23.9 Å². The van der Waals surface area contributed by atoms with Crippen molar-refractivity contribution in [2.24, 2.45) is 5.92 Å². The van der Waals surface area contributed by atoms with Gasteiger partial charge in [0.2, 0.25) is 5.91 Å². The lowest BCUT2D eigenvalue weighted by Crippen LogP contribution is -2.47. The number of morpholine rings is 1. The lowest BCUT2D eigenvalue weighted by atomic mass is 9.97. The van der Waals surface area contributed by atoms with Crippen LogP contribution in [0.3, 0.4) is 0 Å². The molecule has 3 atom stereocenters. The molecule has 24 heavy (non-hydrogen) atoms. The van der Waals surface area contributed by atoms with Crippen molar-refractivity contribution in [2.45, 2.75) is 12.1 Å². The molecule has 3 saturated heterocycles. The number of nitrogens with zero attached hydrogens (tertiary/aromatic N) is 2. The Morgan fingerprint density at radius 3 is 2.83 bits per heavy atom. The van der Waals surface area contributed by atoms with Crippen LogP contribution in [0.25, 0.3) is 0 Å². The van der Waals surface area contributed by atoms with Gasteiger partial charge in [0.05, 0.1) is 43.5 Å². The second-order valence-electron chi connectivity index (χ2n) is 5.86. The molecule has 0 N–H and O–H groups in total. The maximum atomic E-state index is 12.9. The largest absolute Gasteiger partial charge is 0.465 e. The molecule has 0 saturated carbocycles. The Kier molecular flexibility index (Phi) is 3.60. The van der Waals surface area contributed by atoms with Gasteiger partial charge in [-0.25, -0.2) is 9.69 Å². The topological polar surface area (TPSA) is 85.4 Å². The van der Waals surface area contributed by atoms with Gasteiger partial charge in [-0.15, -0.1) is 0 Å². The average molecular weight is 332 g/mol. The summed E-state index contributed by atoms with van der Waals surface area (Å²) in [5.41, 5.74) is 0.388. The summed E-state index contributed by atoms with van der Waals surface area (Å²) in [6.07, 6.45) is -0.866. The van der Waals surface area contributed by atoms with Crippen LogP contribution in [0.4, 0.5) is 5.69 Å². The highest BCUT2D eigenvalue weighted by molar-refractivity contribution is 6.25. The highest BCUT2D eigenvalue weighted by Crippen LogP contribution is 2.39. The number of hydroxylamine groups is 2. The number of hydrogen-bond donors (Lipinski definition) is 0. The molecular weight excluding hydrogens is 316 g/mol. The van der Waals surface area contributed by atoms with Crippen molar-refractivity contribution in [3.63, 3.8) is 0 Å². The lowest BCUT2D eigenvalue weighted by Gasteiger charge is -2.30. The van der Waals surface area contributed by atoms with E-state index in [1.807, 2.05) is 0 Å². The van der Waals surface area contributed by atoms with E-state index in [1.54, 1.807) is 23.3 Å². The summed E-state index contributed by atoms with van der Waals surface area (Å²) in [7, 11) is 1.25. The Morgan fingerprint density at radius 2 is 2.04 bits per heavy atom. The maximum absolute atomic E-state index is 12.9. The molecule has 0 bridgehead atoms. The molecule has 8 nitrogen and oxygen atoms in total. The third-order valence-corrected chi connectivity index (χ3v) is 4.62. The predicted octanol–water partition coefficient (Wildman–Crippen LogP) is -0.0228. The number of imide groups is 1. The third kappa shape index (κ3) is 2.07. The smallest absolute Gasteiger partial charge is 0.339 e. The first-order valence-corrected chi connectivity index (χ1v) is 7.70. The van der Waals surface area contributed by atoms with E-state index in [2.05, 4.69) is 0 Å². The van der Waals surface area contributed by atoms with E-state index in [9.17, 15) is 14.4 Å². The minimum atomic E-state index is -0.866. The second-order valence-corrected chi connectivity index (χ2v) is 5.86. The number of amides is 2. The molecule has 3 fully saturated rings.